The maximum atomic E-state index is 6.08. The number of nitrogens with two attached hydrogens (primary N) is 1. The Morgan fingerprint density at radius 1 is 1.04 bits per heavy atom. The van der Waals surface area contributed by atoms with Gasteiger partial charge in [0, 0.05) is 34.1 Å². The molecule has 6 heteroatoms. The number of halogens is 1. The van der Waals surface area contributed by atoms with Crippen molar-refractivity contribution in [2.45, 2.75) is 13.2 Å². The molecule has 1 heterocycles. The Morgan fingerprint density at radius 2 is 1.92 bits per heavy atom. The van der Waals surface area contributed by atoms with E-state index in [1.165, 1.54) is 0 Å². The maximum absolute atomic E-state index is 6.08. The van der Waals surface area contributed by atoms with E-state index in [2.05, 4.69) is 10.1 Å². The summed E-state index contributed by atoms with van der Waals surface area (Å²) in [7, 11) is 0. The summed E-state index contributed by atoms with van der Waals surface area (Å²) >= 11 is 6.08. The molecule has 0 atom stereocenters. The van der Waals surface area contributed by atoms with Crippen molar-refractivity contribution in [3.05, 3.63) is 94.8 Å². The average molecular weight is 368 g/mol. The van der Waals surface area contributed by atoms with Crippen molar-refractivity contribution in [1.82, 2.24) is 4.98 Å². The Labute approximate surface area is 157 Å². The normalized spacial score (nSPS) is 11.2. The van der Waals surface area contributed by atoms with Crippen LogP contribution in [0.4, 0.5) is 0 Å². The summed E-state index contributed by atoms with van der Waals surface area (Å²) in [6.07, 6.45) is 3.49. The first-order chi connectivity index (χ1) is 12.7. The van der Waals surface area contributed by atoms with E-state index in [4.69, 9.17) is 26.9 Å². The van der Waals surface area contributed by atoms with Crippen LogP contribution in [0.3, 0.4) is 0 Å². The number of rotatable bonds is 7. The van der Waals surface area contributed by atoms with Crippen LogP contribution in [-0.2, 0) is 18.1 Å². The number of oxime groups is 1. The second kappa shape index (κ2) is 8.87. The molecule has 2 aromatic carbocycles. The van der Waals surface area contributed by atoms with Crippen LogP contribution in [0, 0.1) is 0 Å². The molecule has 0 radical (unpaired) electrons. The van der Waals surface area contributed by atoms with Crippen molar-refractivity contribution in [3.63, 3.8) is 0 Å². The number of aromatic nitrogens is 1. The predicted molar refractivity (Wildman–Crippen MR) is 102 cm³/mol. The number of nitrogens with zero attached hydrogens (tertiary/aromatic N) is 2. The minimum Gasteiger partial charge on any atom is -0.489 e. The standard InChI is InChI=1S/C20H18ClN3O2/c21-19-9-2-1-6-17(19)14-26-24-20(22)16-7-3-8-18(11-16)25-13-15-5-4-10-23-12-15/h1-12H,13-14H2,(H2,22,24). The first kappa shape index (κ1) is 17.8. The first-order valence-electron chi connectivity index (χ1n) is 8.03. The van der Waals surface area contributed by atoms with Crippen LogP contribution in [0.2, 0.25) is 5.02 Å². The van der Waals surface area contributed by atoms with Crippen LogP contribution >= 0.6 is 11.6 Å². The summed E-state index contributed by atoms with van der Waals surface area (Å²) in [4.78, 5) is 9.38. The minimum absolute atomic E-state index is 0.248. The summed E-state index contributed by atoms with van der Waals surface area (Å²) in [5.41, 5.74) is 8.55. The zero-order chi connectivity index (χ0) is 18.2. The lowest BCUT2D eigenvalue weighted by Gasteiger charge is -2.08. The molecule has 3 rings (SSSR count). The van der Waals surface area contributed by atoms with Gasteiger partial charge in [-0.15, -0.1) is 0 Å². The van der Waals surface area contributed by atoms with E-state index < -0.39 is 0 Å². The lowest BCUT2D eigenvalue weighted by molar-refractivity contribution is 0.130. The number of hydrogen-bond acceptors (Lipinski definition) is 4. The van der Waals surface area contributed by atoms with Crippen LogP contribution in [0.1, 0.15) is 16.7 Å². The lowest BCUT2D eigenvalue weighted by Crippen LogP contribution is -2.14. The fourth-order valence-electron chi connectivity index (χ4n) is 2.23. The predicted octanol–water partition coefficient (Wildman–Crippen LogP) is 4.15. The molecule has 0 saturated heterocycles. The van der Waals surface area contributed by atoms with Crippen molar-refractivity contribution >= 4 is 17.4 Å². The van der Waals surface area contributed by atoms with Gasteiger partial charge in [0.1, 0.15) is 19.0 Å². The van der Waals surface area contributed by atoms with Gasteiger partial charge < -0.3 is 15.3 Å². The van der Waals surface area contributed by atoms with E-state index in [1.807, 2.05) is 54.6 Å². The molecule has 0 amide bonds. The molecule has 0 fully saturated rings. The second-order valence-corrected chi connectivity index (χ2v) is 5.93. The fourth-order valence-corrected chi connectivity index (χ4v) is 2.43. The van der Waals surface area contributed by atoms with Crippen LogP contribution in [0.25, 0.3) is 0 Å². The van der Waals surface area contributed by atoms with Gasteiger partial charge in [-0.3, -0.25) is 4.98 Å². The van der Waals surface area contributed by atoms with E-state index in [9.17, 15) is 0 Å². The van der Waals surface area contributed by atoms with Crippen molar-refractivity contribution in [2.24, 2.45) is 10.9 Å². The summed E-state index contributed by atoms with van der Waals surface area (Å²) < 4.78 is 5.76. The van der Waals surface area contributed by atoms with Crippen molar-refractivity contribution in [2.75, 3.05) is 0 Å². The third-order valence-electron chi connectivity index (χ3n) is 3.60. The Hall–Kier alpha value is -3.05. The van der Waals surface area contributed by atoms with Crippen molar-refractivity contribution < 1.29 is 9.57 Å². The van der Waals surface area contributed by atoms with Gasteiger partial charge in [0.15, 0.2) is 5.84 Å². The highest BCUT2D eigenvalue weighted by molar-refractivity contribution is 6.31. The third kappa shape index (κ3) is 4.97. The summed E-state index contributed by atoms with van der Waals surface area (Å²) in [5.74, 6) is 0.958. The molecule has 0 aliphatic heterocycles. The first-order valence-corrected chi connectivity index (χ1v) is 8.41. The summed E-state index contributed by atoms with van der Waals surface area (Å²) in [6.45, 7) is 0.676. The fraction of sp³-hybridized carbons (Fsp3) is 0.100. The van der Waals surface area contributed by atoms with E-state index in [0.717, 1.165) is 11.1 Å². The zero-order valence-corrected chi connectivity index (χ0v) is 14.8. The molecule has 132 valence electrons. The summed E-state index contributed by atoms with van der Waals surface area (Å²) in [6, 6.07) is 18.6. The van der Waals surface area contributed by atoms with E-state index in [-0.39, 0.29) is 12.4 Å². The molecule has 0 unspecified atom stereocenters. The monoisotopic (exact) mass is 367 g/mol. The van der Waals surface area contributed by atoms with Gasteiger partial charge in [0.05, 0.1) is 0 Å². The topological polar surface area (TPSA) is 69.7 Å². The van der Waals surface area contributed by atoms with Crippen LogP contribution in [-0.4, -0.2) is 10.8 Å². The summed E-state index contributed by atoms with van der Waals surface area (Å²) in [5, 5.41) is 4.59. The SMILES string of the molecule is N/C(=N/OCc1ccccc1Cl)c1cccc(OCc2cccnc2)c1. The van der Waals surface area contributed by atoms with Gasteiger partial charge in [-0.25, -0.2) is 0 Å². The van der Waals surface area contributed by atoms with E-state index in [0.29, 0.717) is 22.9 Å². The highest BCUT2D eigenvalue weighted by Gasteiger charge is 2.04. The maximum Gasteiger partial charge on any atom is 0.170 e. The molecule has 0 spiro atoms. The van der Waals surface area contributed by atoms with E-state index in [1.54, 1.807) is 18.5 Å². The largest absolute Gasteiger partial charge is 0.489 e. The Kier molecular flexibility index (Phi) is 6.06. The van der Waals surface area contributed by atoms with Crippen LogP contribution in [0.5, 0.6) is 5.75 Å². The third-order valence-corrected chi connectivity index (χ3v) is 3.97. The van der Waals surface area contributed by atoms with Gasteiger partial charge in [0.2, 0.25) is 0 Å². The molecule has 0 aliphatic rings. The second-order valence-electron chi connectivity index (χ2n) is 5.52. The Bertz CT molecular complexity index is 885. The number of pyridine rings is 1. The average Bonchev–Trinajstić information content (AvgIpc) is 2.69. The molecule has 26 heavy (non-hydrogen) atoms. The number of benzene rings is 2. The van der Waals surface area contributed by atoms with Crippen molar-refractivity contribution in [3.8, 4) is 5.75 Å². The Balaban J connectivity index is 1.60. The molecule has 0 saturated carbocycles. The van der Waals surface area contributed by atoms with Gasteiger partial charge >= 0.3 is 0 Å². The number of hydrogen-bond donors (Lipinski definition) is 1. The van der Waals surface area contributed by atoms with Gasteiger partial charge in [-0.2, -0.15) is 0 Å². The molecule has 5 nitrogen and oxygen atoms in total. The minimum atomic E-state index is 0.248. The molecule has 2 N–H and O–H groups in total. The highest BCUT2D eigenvalue weighted by Crippen LogP contribution is 2.17. The van der Waals surface area contributed by atoms with Crippen molar-refractivity contribution in [1.29, 1.82) is 0 Å². The number of ether oxygens (including phenoxy) is 1. The molecule has 0 aliphatic carbocycles. The number of amidine groups is 1. The highest BCUT2D eigenvalue weighted by atomic mass is 35.5. The molecule has 3 aromatic rings. The van der Waals surface area contributed by atoms with Gasteiger partial charge in [-0.1, -0.05) is 53.2 Å². The quantitative estimate of drug-likeness (QED) is 0.387. The molecule has 0 bridgehead atoms. The molecule has 1 aromatic heterocycles. The van der Waals surface area contributed by atoms with Gasteiger partial charge in [-0.05, 0) is 24.3 Å². The van der Waals surface area contributed by atoms with Crippen LogP contribution < -0.4 is 10.5 Å². The smallest absolute Gasteiger partial charge is 0.170 e. The molecular formula is C20H18ClN3O2. The zero-order valence-electron chi connectivity index (χ0n) is 14.0. The van der Waals surface area contributed by atoms with Gasteiger partial charge in [0.25, 0.3) is 0 Å². The molecular weight excluding hydrogens is 350 g/mol. The lowest BCUT2D eigenvalue weighted by atomic mass is 10.2. The van der Waals surface area contributed by atoms with E-state index >= 15 is 0 Å². The Morgan fingerprint density at radius 3 is 2.73 bits per heavy atom. The van der Waals surface area contributed by atoms with Crippen LogP contribution in [0.15, 0.2) is 78.2 Å².